The summed E-state index contributed by atoms with van der Waals surface area (Å²) in [6.07, 6.45) is 22.8. The summed E-state index contributed by atoms with van der Waals surface area (Å²) in [5, 5.41) is 0. The summed E-state index contributed by atoms with van der Waals surface area (Å²) in [5.74, 6) is 0.320. The molecule has 18 heavy (non-hydrogen) atoms. The molecule has 0 saturated heterocycles. The number of allylic oxidation sites excluding steroid dienone is 4. The summed E-state index contributed by atoms with van der Waals surface area (Å²) in [5.41, 5.74) is 0. The molecule has 0 unspecified atom stereocenters. The Morgan fingerprint density at radius 2 is 1.11 bits per heavy atom. The second-order valence-corrected chi connectivity index (χ2v) is 5.28. The van der Waals surface area contributed by atoms with Crippen molar-refractivity contribution in [1.82, 2.24) is 0 Å². The highest BCUT2D eigenvalue weighted by molar-refractivity contribution is 5.89. The summed E-state index contributed by atoms with van der Waals surface area (Å²) in [6, 6.07) is 0. The van der Waals surface area contributed by atoms with E-state index in [4.69, 9.17) is 0 Å². The van der Waals surface area contributed by atoms with Crippen LogP contribution in [0.3, 0.4) is 0 Å². The fraction of sp³-hybridized carbons (Fsp3) is 0.706. The van der Waals surface area contributed by atoms with E-state index < -0.39 is 0 Å². The summed E-state index contributed by atoms with van der Waals surface area (Å²) in [4.78, 5) is 11.5. The lowest BCUT2D eigenvalue weighted by molar-refractivity contribution is -0.114. The van der Waals surface area contributed by atoms with E-state index in [1.165, 1.54) is 57.8 Å². The third-order valence-corrected chi connectivity index (χ3v) is 3.51. The molecule has 1 aliphatic rings. The van der Waals surface area contributed by atoms with Gasteiger partial charge in [-0.25, -0.2) is 0 Å². The van der Waals surface area contributed by atoms with Gasteiger partial charge in [-0.05, 0) is 51.0 Å². The predicted molar refractivity (Wildman–Crippen MR) is 78.7 cm³/mol. The van der Waals surface area contributed by atoms with E-state index in [1.54, 1.807) is 6.08 Å². The molecule has 0 bridgehead atoms. The van der Waals surface area contributed by atoms with Crippen molar-refractivity contribution < 1.29 is 4.79 Å². The van der Waals surface area contributed by atoms with Crippen molar-refractivity contribution in [2.45, 2.75) is 77.0 Å². The maximum Gasteiger partial charge on any atom is 0.155 e. The van der Waals surface area contributed by atoms with Crippen molar-refractivity contribution in [2.24, 2.45) is 0 Å². The van der Waals surface area contributed by atoms with Gasteiger partial charge in [0.2, 0.25) is 0 Å². The third kappa shape index (κ3) is 9.21. The molecule has 0 aliphatic heterocycles. The fourth-order valence-corrected chi connectivity index (χ4v) is 2.33. The molecular weight excluding hydrogens is 220 g/mol. The Balaban J connectivity index is 2.24. The van der Waals surface area contributed by atoms with E-state index in [9.17, 15) is 4.79 Å². The Labute approximate surface area is 112 Å². The molecule has 102 valence electrons. The normalized spacial score (nSPS) is 25.2. The van der Waals surface area contributed by atoms with Gasteiger partial charge < -0.3 is 0 Å². The number of rotatable bonds is 0. The molecule has 1 rings (SSSR count). The van der Waals surface area contributed by atoms with Gasteiger partial charge in [0, 0.05) is 6.42 Å². The van der Waals surface area contributed by atoms with E-state index in [0.717, 1.165) is 19.3 Å². The SMILES string of the molecule is O=C1/C=C/CCCCC/C=C/CCCCCCC1. The van der Waals surface area contributed by atoms with Crippen LogP contribution in [0.2, 0.25) is 0 Å². The summed E-state index contributed by atoms with van der Waals surface area (Å²) < 4.78 is 0. The smallest absolute Gasteiger partial charge is 0.155 e. The molecular formula is C17H28O. The van der Waals surface area contributed by atoms with Crippen LogP contribution in [0.4, 0.5) is 0 Å². The Morgan fingerprint density at radius 1 is 0.611 bits per heavy atom. The lowest BCUT2D eigenvalue weighted by atomic mass is 10.1. The lowest BCUT2D eigenvalue weighted by Crippen LogP contribution is -1.92. The molecule has 1 heteroatoms. The molecule has 0 saturated carbocycles. The Kier molecular flexibility index (Phi) is 9.51. The minimum absolute atomic E-state index is 0.320. The number of carbonyl (C=O) groups excluding carboxylic acids is 1. The van der Waals surface area contributed by atoms with Crippen LogP contribution in [-0.2, 0) is 4.79 Å². The van der Waals surface area contributed by atoms with Crippen LogP contribution in [0.5, 0.6) is 0 Å². The van der Waals surface area contributed by atoms with Crippen LogP contribution in [0, 0.1) is 0 Å². The maximum atomic E-state index is 11.5. The number of hydrogen-bond acceptors (Lipinski definition) is 1. The average Bonchev–Trinajstić information content (AvgIpc) is 2.37. The van der Waals surface area contributed by atoms with Crippen molar-refractivity contribution in [3.8, 4) is 0 Å². The first-order valence-electron chi connectivity index (χ1n) is 7.74. The molecule has 0 spiro atoms. The van der Waals surface area contributed by atoms with Crippen molar-refractivity contribution in [1.29, 1.82) is 0 Å². The Morgan fingerprint density at radius 3 is 1.83 bits per heavy atom. The first-order valence-corrected chi connectivity index (χ1v) is 7.74. The van der Waals surface area contributed by atoms with Gasteiger partial charge in [0.25, 0.3) is 0 Å². The van der Waals surface area contributed by atoms with E-state index in [-0.39, 0.29) is 0 Å². The van der Waals surface area contributed by atoms with Gasteiger partial charge in [-0.3, -0.25) is 4.79 Å². The van der Waals surface area contributed by atoms with Crippen LogP contribution in [-0.4, -0.2) is 5.78 Å². The fourth-order valence-electron chi connectivity index (χ4n) is 2.33. The van der Waals surface area contributed by atoms with Gasteiger partial charge in [-0.2, -0.15) is 0 Å². The van der Waals surface area contributed by atoms with Gasteiger partial charge in [-0.15, -0.1) is 0 Å². The monoisotopic (exact) mass is 248 g/mol. The average molecular weight is 248 g/mol. The first kappa shape index (κ1) is 15.2. The molecule has 0 N–H and O–H groups in total. The van der Waals surface area contributed by atoms with E-state index in [1.807, 2.05) is 0 Å². The summed E-state index contributed by atoms with van der Waals surface area (Å²) in [6.45, 7) is 0. The van der Waals surface area contributed by atoms with Crippen LogP contribution in [0.1, 0.15) is 77.0 Å². The molecule has 0 atom stereocenters. The van der Waals surface area contributed by atoms with Crippen LogP contribution >= 0.6 is 0 Å². The molecule has 0 heterocycles. The molecule has 0 aromatic rings. The van der Waals surface area contributed by atoms with Crippen LogP contribution in [0.15, 0.2) is 24.3 Å². The van der Waals surface area contributed by atoms with Crippen molar-refractivity contribution in [2.75, 3.05) is 0 Å². The zero-order valence-corrected chi connectivity index (χ0v) is 11.7. The number of carbonyl (C=O) groups is 1. The first-order chi connectivity index (χ1) is 8.89. The Hall–Kier alpha value is -0.850. The van der Waals surface area contributed by atoms with E-state index in [2.05, 4.69) is 18.2 Å². The molecule has 1 aliphatic carbocycles. The number of ketones is 1. The lowest BCUT2D eigenvalue weighted by Gasteiger charge is -1.98. The molecule has 1 nitrogen and oxygen atoms in total. The maximum absolute atomic E-state index is 11.5. The van der Waals surface area contributed by atoms with Crippen molar-refractivity contribution >= 4 is 5.78 Å². The van der Waals surface area contributed by atoms with Crippen molar-refractivity contribution in [3.05, 3.63) is 24.3 Å². The van der Waals surface area contributed by atoms with Gasteiger partial charge in [0.1, 0.15) is 0 Å². The quantitative estimate of drug-likeness (QED) is 0.527. The molecule has 0 aromatic heterocycles. The number of hydrogen-bond donors (Lipinski definition) is 0. The third-order valence-electron chi connectivity index (χ3n) is 3.51. The van der Waals surface area contributed by atoms with Gasteiger partial charge in [0.15, 0.2) is 5.78 Å². The van der Waals surface area contributed by atoms with Crippen LogP contribution in [0.25, 0.3) is 0 Å². The highest BCUT2D eigenvalue weighted by atomic mass is 16.1. The highest BCUT2D eigenvalue weighted by Gasteiger charge is 1.97. The minimum atomic E-state index is 0.320. The molecule has 0 aromatic carbocycles. The largest absolute Gasteiger partial charge is 0.295 e. The minimum Gasteiger partial charge on any atom is -0.295 e. The zero-order chi connectivity index (χ0) is 12.9. The zero-order valence-electron chi connectivity index (χ0n) is 11.7. The van der Waals surface area contributed by atoms with Gasteiger partial charge in [-0.1, -0.05) is 43.9 Å². The Bertz CT molecular complexity index is 263. The van der Waals surface area contributed by atoms with Gasteiger partial charge >= 0.3 is 0 Å². The predicted octanol–water partition coefficient (Wildman–Crippen LogP) is 5.36. The highest BCUT2D eigenvalue weighted by Crippen LogP contribution is 2.10. The topological polar surface area (TPSA) is 17.1 Å². The van der Waals surface area contributed by atoms with Gasteiger partial charge in [0.05, 0.1) is 0 Å². The molecule has 0 radical (unpaired) electrons. The summed E-state index contributed by atoms with van der Waals surface area (Å²) >= 11 is 0. The second kappa shape index (κ2) is 11.3. The standard InChI is InChI=1S/C17H28O/c18-17-15-13-11-9-7-5-3-1-2-4-6-8-10-12-14-16-17/h1-2,13,15H,3-12,14,16H2/b2-1+,15-13+. The molecule has 0 fully saturated rings. The van der Waals surface area contributed by atoms with E-state index in [0.29, 0.717) is 5.78 Å². The molecule has 0 amide bonds. The van der Waals surface area contributed by atoms with Crippen molar-refractivity contribution in [3.63, 3.8) is 0 Å². The van der Waals surface area contributed by atoms with Crippen LogP contribution < -0.4 is 0 Å². The second-order valence-electron chi connectivity index (χ2n) is 5.28. The summed E-state index contributed by atoms with van der Waals surface area (Å²) in [7, 11) is 0. The van der Waals surface area contributed by atoms with E-state index >= 15 is 0 Å².